The van der Waals surface area contributed by atoms with Crippen LogP contribution in [0.4, 0.5) is 0 Å². The standard InChI is InChI=1S/C9H18O5S/c10-2-1-6(12)4-15-5-7(13)9(14)8(15)3-11/h6-9,11-14H,1-5H2/t6-,7+,8+,9-,15?/m0/s1. The fraction of sp³-hybridized carbons (Fsp3) is 1.00. The number of hydrogen-bond acceptors (Lipinski definition) is 5. The molecule has 0 aliphatic carbocycles. The number of hydrogen-bond donors (Lipinski definition) is 4. The Morgan fingerprint density at radius 2 is 2.07 bits per heavy atom. The topological polar surface area (TPSA) is 104 Å². The molecule has 0 radical (unpaired) electrons. The fourth-order valence-electron chi connectivity index (χ4n) is 1.76. The lowest BCUT2D eigenvalue weighted by Crippen LogP contribution is -2.37. The summed E-state index contributed by atoms with van der Waals surface area (Å²) in [6.07, 6.45) is -2.21. The van der Waals surface area contributed by atoms with Crippen LogP contribution in [0.5, 0.6) is 0 Å². The van der Waals surface area contributed by atoms with Gasteiger partial charge in [0.1, 0.15) is 23.7 Å². The summed E-state index contributed by atoms with van der Waals surface area (Å²) >= 11 is 0. The number of aliphatic hydroxyl groups is 4. The first-order valence-electron chi connectivity index (χ1n) is 4.99. The largest absolute Gasteiger partial charge is 0.854 e. The molecule has 6 heteroatoms. The van der Waals surface area contributed by atoms with Gasteiger partial charge in [0, 0.05) is 10.9 Å². The lowest BCUT2D eigenvalue weighted by atomic mass is 10.2. The van der Waals surface area contributed by atoms with Gasteiger partial charge in [0.25, 0.3) is 0 Å². The first kappa shape index (κ1) is 13.2. The second-order valence-electron chi connectivity index (χ2n) is 3.80. The van der Waals surface area contributed by atoms with Crippen molar-refractivity contribution in [3.05, 3.63) is 0 Å². The molecule has 1 fully saturated rings. The number of aliphatic hydroxyl groups excluding tert-OH is 4. The highest BCUT2D eigenvalue weighted by molar-refractivity contribution is 7.97. The molecule has 15 heavy (non-hydrogen) atoms. The van der Waals surface area contributed by atoms with Crippen LogP contribution in [0.15, 0.2) is 0 Å². The molecule has 1 aliphatic heterocycles. The molecular weight excluding hydrogens is 220 g/mol. The Morgan fingerprint density at radius 3 is 2.60 bits per heavy atom. The van der Waals surface area contributed by atoms with E-state index in [2.05, 4.69) is 0 Å². The molecule has 0 amide bonds. The van der Waals surface area contributed by atoms with Crippen LogP contribution in [0.25, 0.3) is 0 Å². The van der Waals surface area contributed by atoms with Crippen molar-refractivity contribution >= 4 is 10.9 Å². The Morgan fingerprint density at radius 1 is 1.40 bits per heavy atom. The summed E-state index contributed by atoms with van der Waals surface area (Å²) in [4.78, 5) is 0. The van der Waals surface area contributed by atoms with Gasteiger partial charge in [0.2, 0.25) is 0 Å². The van der Waals surface area contributed by atoms with Crippen molar-refractivity contribution in [2.24, 2.45) is 0 Å². The second-order valence-corrected chi connectivity index (χ2v) is 6.14. The molecule has 0 bridgehead atoms. The molecule has 1 rings (SSSR count). The quantitative estimate of drug-likeness (QED) is 0.378. The Labute approximate surface area is 91.7 Å². The normalized spacial score (nSPS) is 38.2. The monoisotopic (exact) mass is 238 g/mol. The predicted octanol–water partition coefficient (Wildman–Crippen LogP) is -3.19. The predicted molar refractivity (Wildman–Crippen MR) is 55.5 cm³/mol. The molecule has 5 nitrogen and oxygen atoms in total. The van der Waals surface area contributed by atoms with E-state index in [1.54, 1.807) is 0 Å². The molecule has 0 spiro atoms. The van der Waals surface area contributed by atoms with E-state index in [1.165, 1.54) is 0 Å². The highest BCUT2D eigenvalue weighted by Crippen LogP contribution is 2.24. The van der Waals surface area contributed by atoms with Gasteiger partial charge in [0.05, 0.1) is 12.7 Å². The highest BCUT2D eigenvalue weighted by atomic mass is 32.2. The Balaban J connectivity index is 2.47. The van der Waals surface area contributed by atoms with E-state index in [-0.39, 0.29) is 24.9 Å². The first-order valence-corrected chi connectivity index (χ1v) is 6.62. The minimum absolute atomic E-state index is 0.188. The molecule has 4 N–H and O–H groups in total. The van der Waals surface area contributed by atoms with E-state index in [1.807, 2.05) is 0 Å². The summed E-state index contributed by atoms with van der Waals surface area (Å²) in [5.74, 6) is 0.796. The third kappa shape index (κ3) is 3.30. The van der Waals surface area contributed by atoms with Gasteiger partial charge in [-0.3, -0.25) is 0 Å². The molecule has 1 unspecified atom stereocenters. The molecule has 0 aromatic carbocycles. The van der Waals surface area contributed by atoms with Crippen molar-refractivity contribution in [1.82, 2.24) is 0 Å². The lowest BCUT2D eigenvalue weighted by Gasteiger charge is -2.15. The lowest BCUT2D eigenvalue weighted by molar-refractivity contribution is -0.370. The van der Waals surface area contributed by atoms with Crippen LogP contribution in [0, 0.1) is 0 Å². The van der Waals surface area contributed by atoms with Crippen molar-refractivity contribution in [2.45, 2.75) is 30.0 Å². The maximum atomic E-state index is 10.3. The van der Waals surface area contributed by atoms with E-state index >= 15 is 0 Å². The van der Waals surface area contributed by atoms with Crippen LogP contribution >= 0.6 is 0 Å². The minimum Gasteiger partial charge on any atom is -0.854 e. The van der Waals surface area contributed by atoms with Crippen LogP contribution in [-0.2, 0) is 10.9 Å². The second kappa shape index (κ2) is 6.03. The maximum absolute atomic E-state index is 10.3. The van der Waals surface area contributed by atoms with Crippen LogP contribution in [0.1, 0.15) is 6.42 Å². The van der Waals surface area contributed by atoms with E-state index in [0.29, 0.717) is 11.5 Å². The third-order valence-electron chi connectivity index (χ3n) is 2.63. The minimum atomic E-state index is -0.905. The van der Waals surface area contributed by atoms with Gasteiger partial charge in [-0.15, -0.1) is 6.61 Å². The van der Waals surface area contributed by atoms with Crippen LogP contribution in [0.2, 0.25) is 0 Å². The molecule has 1 saturated heterocycles. The van der Waals surface area contributed by atoms with E-state index in [4.69, 9.17) is 5.11 Å². The van der Waals surface area contributed by atoms with Crippen LogP contribution < -0.4 is 5.11 Å². The summed E-state index contributed by atoms with van der Waals surface area (Å²) in [7, 11) is -0.396. The maximum Gasteiger partial charge on any atom is 0.169 e. The summed E-state index contributed by atoms with van der Waals surface area (Å²) in [6.45, 7) is -0.515. The molecule has 1 aliphatic rings. The van der Waals surface area contributed by atoms with Gasteiger partial charge in [-0.2, -0.15) is 0 Å². The molecule has 0 aromatic heterocycles. The van der Waals surface area contributed by atoms with Gasteiger partial charge >= 0.3 is 0 Å². The van der Waals surface area contributed by atoms with Crippen molar-refractivity contribution in [3.63, 3.8) is 0 Å². The van der Waals surface area contributed by atoms with Crippen molar-refractivity contribution in [2.75, 3.05) is 24.7 Å². The fourth-order valence-corrected chi connectivity index (χ4v) is 4.47. The highest BCUT2D eigenvalue weighted by Gasteiger charge is 2.49. The van der Waals surface area contributed by atoms with Gasteiger partial charge in [-0.05, 0) is 6.42 Å². The van der Waals surface area contributed by atoms with Crippen LogP contribution in [-0.4, -0.2) is 68.7 Å². The van der Waals surface area contributed by atoms with Crippen LogP contribution in [0.3, 0.4) is 0 Å². The molecule has 5 atom stereocenters. The SMILES string of the molecule is [O-]CC[C@H](O)C[S+]1C[C@@H](O)[C@H](O)[C@H]1CO. The zero-order valence-corrected chi connectivity index (χ0v) is 9.27. The zero-order valence-electron chi connectivity index (χ0n) is 8.45. The van der Waals surface area contributed by atoms with Gasteiger partial charge in [-0.25, -0.2) is 0 Å². The summed E-state index contributed by atoms with van der Waals surface area (Å²) < 4.78 is 0. The van der Waals surface area contributed by atoms with Gasteiger partial charge in [-0.1, -0.05) is 0 Å². The average Bonchev–Trinajstić information content (AvgIpc) is 2.42. The van der Waals surface area contributed by atoms with Gasteiger partial charge in [0.15, 0.2) is 5.25 Å². The third-order valence-corrected chi connectivity index (χ3v) is 5.49. The Hall–Kier alpha value is 0.150. The first-order chi connectivity index (χ1) is 7.10. The van der Waals surface area contributed by atoms with Crippen molar-refractivity contribution in [1.29, 1.82) is 0 Å². The summed E-state index contributed by atoms with van der Waals surface area (Å²) in [5, 5.41) is 47.4. The van der Waals surface area contributed by atoms with Gasteiger partial charge < -0.3 is 25.5 Å². The summed E-state index contributed by atoms with van der Waals surface area (Å²) in [6, 6.07) is 0. The molecule has 0 saturated carbocycles. The zero-order chi connectivity index (χ0) is 11.4. The molecule has 1 heterocycles. The van der Waals surface area contributed by atoms with Crippen molar-refractivity contribution in [3.8, 4) is 0 Å². The smallest absolute Gasteiger partial charge is 0.169 e. The summed E-state index contributed by atoms with van der Waals surface area (Å²) in [5.41, 5.74) is 0. The Bertz CT molecular complexity index is 191. The average molecular weight is 238 g/mol. The molecule has 0 aromatic rings. The van der Waals surface area contributed by atoms with E-state index in [0.717, 1.165) is 0 Å². The van der Waals surface area contributed by atoms with E-state index < -0.39 is 29.2 Å². The molecule has 90 valence electrons. The Kier molecular flexibility index (Phi) is 5.31. The van der Waals surface area contributed by atoms with Crippen molar-refractivity contribution < 1.29 is 25.5 Å². The molecular formula is C9H18O5S. The van der Waals surface area contributed by atoms with E-state index in [9.17, 15) is 20.4 Å². The number of rotatable bonds is 5.